The molecule has 5 aromatic carbocycles. The maximum absolute atomic E-state index is 15.9. The summed E-state index contributed by atoms with van der Waals surface area (Å²) in [4.78, 5) is 64.0. The first-order valence-electron chi connectivity index (χ1n) is 20.7. The molecule has 6 atom stereocenters. The van der Waals surface area contributed by atoms with Crippen LogP contribution in [0.25, 0.3) is 0 Å². The maximum atomic E-state index is 15.9. The molecular weight excluding hydrogens is 803 g/mol. The molecule has 3 aliphatic rings. The highest BCUT2D eigenvalue weighted by Crippen LogP contribution is 2.66. The highest BCUT2D eigenvalue weighted by Gasteiger charge is 2.76. The number of carbonyl (C=O) groups excluding carboxylic acids is 3. The van der Waals surface area contributed by atoms with E-state index in [1.54, 1.807) is 47.4 Å². The molecule has 13 nitrogen and oxygen atoms in total. The Morgan fingerprint density at radius 1 is 0.825 bits per heavy atom. The van der Waals surface area contributed by atoms with Gasteiger partial charge in [0.1, 0.15) is 42.4 Å². The number of carboxylic acids is 1. The molecule has 3 heterocycles. The average Bonchev–Trinajstić information content (AvgIpc) is 3.75. The zero-order valence-corrected chi connectivity index (χ0v) is 34.8. The molecule has 5 aromatic rings. The normalized spacial score (nSPS) is 22.5. The molecule has 2 N–H and O–H groups in total. The van der Waals surface area contributed by atoms with Crippen LogP contribution < -0.4 is 9.64 Å². The number of carbonyl (C=O) groups is 4. The predicted octanol–water partition coefficient (Wildman–Crippen LogP) is 6.07. The van der Waals surface area contributed by atoms with Gasteiger partial charge in [0.15, 0.2) is 0 Å². The lowest BCUT2D eigenvalue weighted by Gasteiger charge is -2.46. The summed E-state index contributed by atoms with van der Waals surface area (Å²) in [5, 5.41) is 21.5. The van der Waals surface area contributed by atoms with E-state index in [1.807, 2.05) is 103 Å². The van der Waals surface area contributed by atoms with E-state index in [4.69, 9.17) is 18.9 Å². The van der Waals surface area contributed by atoms with Gasteiger partial charge in [0.05, 0.1) is 37.5 Å². The standard InChI is InChI=1S/C50H47N3O10/c1-51(32-34-15-6-3-7-16-34)26-14-17-33-24-25-39-38(31-33)50(48(58)52(39)49(59)62-30-29-60-2)41(46(55)56)43-47(57)63-44(36-20-10-5-11-21-36)42(35-18-8-4-9-19-35)53(43)45(50)37-22-12-13-23-40(37)61-28-27-54/h3-13,15-16,18-25,31,41-45,54H,26-30,32H2,1-2H3,(H,55,56)/t41-,42-,43-,44+,45+,50-/m0/s1. The van der Waals surface area contributed by atoms with Gasteiger partial charge in [-0.2, -0.15) is 0 Å². The molecule has 1 spiro atoms. The number of imide groups is 1. The molecule has 2 saturated heterocycles. The minimum Gasteiger partial charge on any atom is -0.491 e. The van der Waals surface area contributed by atoms with Gasteiger partial charge >= 0.3 is 18.0 Å². The molecule has 0 radical (unpaired) electrons. The van der Waals surface area contributed by atoms with Crippen molar-refractivity contribution in [3.8, 4) is 17.6 Å². The van der Waals surface area contributed by atoms with Gasteiger partial charge in [0.25, 0.3) is 0 Å². The van der Waals surface area contributed by atoms with E-state index in [2.05, 4.69) is 11.8 Å². The van der Waals surface area contributed by atoms with Crippen molar-refractivity contribution in [2.45, 2.75) is 36.2 Å². The number of para-hydroxylation sites is 1. The largest absolute Gasteiger partial charge is 0.491 e. The third-order valence-corrected chi connectivity index (χ3v) is 11.9. The third kappa shape index (κ3) is 7.94. The fraction of sp³-hybridized carbons (Fsp3) is 0.280. The average molecular weight is 850 g/mol. The molecular formula is C50H47N3O10. The topological polar surface area (TPSA) is 155 Å². The number of aliphatic carboxylic acids is 1. The summed E-state index contributed by atoms with van der Waals surface area (Å²) >= 11 is 0. The van der Waals surface area contributed by atoms with Gasteiger partial charge in [-0.3, -0.25) is 24.2 Å². The second-order valence-corrected chi connectivity index (χ2v) is 15.7. The van der Waals surface area contributed by atoms with Crippen LogP contribution in [0.5, 0.6) is 5.75 Å². The minimum atomic E-state index is -2.20. The molecule has 322 valence electrons. The second kappa shape index (κ2) is 18.7. The quantitative estimate of drug-likeness (QED) is 0.0803. The van der Waals surface area contributed by atoms with E-state index in [0.717, 1.165) is 10.5 Å². The molecule has 13 heteroatoms. The number of nitrogens with zero attached hydrogens (tertiary/aromatic N) is 3. The highest BCUT2D eigenvalue weighted by molar-refractivity contribution is 6.23. The summed E-state index contributed by atoms with van der Waals surface area (Å²) in [7, 11) is 3.39. The predicted molar refractivity (Wildman–Crippen MR) is 231 cm³/mol. The Morgan fingerprint density at radius 2 is 1.49 bits per heavy atom. The Labute approximate surface area is 365 Å². The van der Waals surface area contributed by atoms with Crippen LogP contribution in [0.4, 0.5) is 10.5 Å². The van der Waals surface area contributed by atoms with Crippen LogP contribution in [0.2, 0.25) is 0 Å². The number of rotatable bonds is 13. The van der Waals surface area contributed by atoms with Crippen molar-refractivity contribution in [1.82, 2.24) is 9.80 Å². The highest BCUT2D eigenvalue weighted by atomic mass is 16.6. The van der Waals surface area contributed by atoms with E-state index in [9.17, 15) is 24.6 Å². The van der Waals surface area contributed by atoms with E-state index < -0.39 is 59.5 Å². The van der Waals surface area contributed by atoms with Crippen LogP contribution in [-0.4, -0.2) is 97.1 Å². The number of methoxy groups -OCH3 is 1. The molecule has 0 unspecified atom stereocenters. The first kappa shape index (κ1) is 42.9. The lowest BCUT2D eigenvalue weighted by Crippen LogP contribution is -2.53. The van der Waals surface area contributed by atoms with E-state index >= 15 is 4.79 Å². The number of esters is 1. The van der Waals surface area contributed by atoms with Crippen LogP contribution in [0.1, 0.15) is 51.6 Å². The van der Waals surface area contributed by atoms with Crippen LogP contribution in [-0.2, 0) is 40.6 Å². The Hall–Kier alpha value is -6.82. The molecule has 0 saturated carbocycles. The Morgan fingerprint density at radius 3 is 2.17 bits per heavy atom. The van der Waals surface area contributed by atoms with Crippen molar-refractivity contribution in [2.24, 2.45) is 5.92 Å². The number of aliphatic hydroxyl groups is 1. The number of carboxylic acid groups (broad SMARTS) is 1. The summed E-state index contributed by atoms with van der Waals surface area (Å²) in [6.07, 6.45) is -2.01. The SMILES string of the molecule is COCCOC(=O)N1C(=O)[C@@]2(c3cc(C#CCN(C)Cc4ccccc4)ccc31)[C@H](C(=O)O)[C@H]1C(=O)O[C@H](c3ccccc3)[C@H](c3ccccc3)N1[C@@H]2c1ccccc1OCCO. The lowest BCUT2D eigenvalue weighted by atomic mass is 9.65. The van der Waals surface area contributed by atoms with Gasteiger partial charge in [-0.25, -0.2) is 9.69 Å². The molecule has 0 aromatic heterocycles. The number of hydrogen-bond acceptors (Lipinski definition) is 11. The number of morpholine rings is 1. The molecule has 2 amide bonds. The van der Waals surface area contributed by atoms with Crippen LogP contribution in [0.15, 0.2) is 133 Å². The number of hydrogen-bond donors (Lipinski definition) is 2. The van der Waals surface area contributed by atoms with Crippen molar-refractivity contribution in [3.63, 3.8) is 0 Å². The van der Waals surface area contributed by atoms with Gasteiger partial charge in [0, 0.05) is 24.8 Å². The smallest absolute Gasteiger partial charge is 0.421 e. The number of aliphatic hydroxyl groups excluding tert-OH is 1. The number of ether oxygens (including phenoxy) is 4. The van der Waals surface area contributed by atoms with Crippen LogP contribution >= 0.6 is 0 Å². The van der Waals surface area contributed by atoms with Gasteiger partial charge in [0.2, 0.25) is 5.91 Å². The zero-order chi connectivity index (χ0) is 44.1. The summed E-state index contributed by atoms with van der Waals surface area (Å²) in [5.41, 5.74) is 1.30. The summed E-state index contributed by atoms with van der Waals surface area (Å²) in [6.45, 7) is 0.411. The summed E-state index contributed by atoms with van der Waals surface area (Å²) < 4.78 is 23.2. The third-order valence-electron chi connectivity index (χ3n) is 11.9. The fourth-order valence-electron chi connectivity index (χ4n) is 9.41. The van der Waals surface area contributed by atoms with Gasteiger partial charge in [-0.1, -0.05) is 121 Å². The van der Waals surface area contributed by atoms with Crippen molar-refractivity contribution in [1.29, 1.82) is 0 Å². The maximum Gasteiger partial charge on any atom is 0.421 e. The van der Waals surface area contributed by atoms with Crippen molar-refractivity contribution in [3.05, 3.63) is 167 Å². The number of benzene rings is 5. The summed E-state index contributed by atoms with van der Waals surface area (Å²) in [5.74, 6) is 1.62. The van der Waals surface area contributed by atoms with Crippen molar-refractivity contribution < 1.29 is 48.3 Å². The molecule has 0 bridgehead atoms. The molecule has 2 fully saturated rings. The zero-order valence-electron chi connectivity index (χ0n) is 34.8. The number of anilines is 1. The van der Waals surface area contributed by atoms with Crippen LogP contribution in [0, 0.1) is 17.8 Å². The van der Waals surface area contributed by atoms with Gasteiger partial charge < -0.3 is 29.2 Å². The Balaban J connectivity index is 1.38. The fourth-order valence-corrected chi connectivity index (χ4v) is 9.41. The molecule has 63 heavy (non-hydrogen) atoms. The lowest BCUT2D eigenvalue weighted by molar-refractivity contribution is -0.179. The van der Waals surface area contributed by atoms with E-state index in [-0.39, 0.29) is 43.4 Å². The Kier molecular flexibility index (Phi) is 12.7. The molecule has 0 aliphatic carbocycles. The molecule has 8 rings (SSSR count). The number of fused-ring (bicyclic) bond motifs is 3. The van der Waals surface area contributed by atoms with Gasteiger partial charge in [-0.15, -0.1) is 0 Å². The first-order valence-corrected chi connectivity index (χ1v) is 20.7. The van der Waals surface area contributed by atoms with Gasteiger partial charge in [-0.05, 0) is 53.6 Å². The number of amides is 2. The minimum absolute atomic E-state index is 0.0380. The first-order chi connectivity index (χ1) is 30.7. The van der Waals surface area contributed by atoms with Crippen molar-refractivity contribution >= 4 is 29.6 Å². The second-order valence-electron chi connectivity index (χ2n) is 15.7. The van der Waals surface area contributed by atoms with Crippen LogP contribution in [0.3, 0.4) is 0 Å². The van der Waals surface area contributed by atoms with Crippen molar-refractivity contribution in [2.75, 3.05) is 52.0 Å². The summed E-state index contributed by atoms with van der Waals surface area (Å²) in [6, 6.07) is 36.4. The number of cyclic esters (lactones) is 1. The monoisotopic (exact) mass is 849 g/mol. The Bertz CT molecular complexity index is 2530. The van der Waals surface area contributed by atoms with E-state index in [0.29, 0.717) is 35.3 Å². The van der Waals surface area contributed by atoms with E-state index in [1.165, 1.54) is 7.11 Å². The molecule has 3 aliphatic heterocycles.